The van der Waals surface area contributed by atoms with Crippen LogP contribution in [-0.2, 0) is 4.79 Å². The van der Waals surface area contributed by atoms with Crippen molar-refractivity contribution < 1.29 is 14.3 Å². The molecule has 2 amide bonds. The lowest BCUT2D eigenvalue weighted by Crippen LogP contribution is -2.46. The van der Waals surface area contributed by atoms with Crippen LogP contribution in [0, 0.1) is 0 Å². The molecular weight excluding hydrogens is 376 g/mol. The summed E-state index contributed by atoms with van der Waals surface area (Å²) < 4.78 is 6.48. The van der Waals surface area contributed by atoms with Crippen LogP contribution in [0.4, 0.5) is 5.69 Å². The fraction of sp³-hybridized carbons (Fsp3) is 0.440. The minimum Gasteiger partial charge on any atom is -0.487 e. The fourth-order valence-corrected chi connectivity index (χ4v) is 5.23. The molecule has 1 aliphatic carbocycles. The third-order valence-electron chi connectivity index (χ3n) is 6.76. The molecule has 2 heterocycles. The molecule has 2 aromatic carbocycles. The van der Waals surface area contributed by atoms with E-state index >= 15 is 0 Å². The average molecular weight is 405 g/mol. The molecule has 0 aromatic heterocycles. The van der Waals surface area contributed by atoms with Crippen LogP contribution >= 0.6 is 0 Å². The molecule has 1 N–H and O–H groups in total. The number of hydrogen-bond donors (Lipinski definition) is 1. The van der Waals surface area contributed by atoms with Crippen molar-refractivity contribution in [1.29, 1.82) is 0 Å². The second kappa shape index (κ2) is 7.78. The SMILES string of the molecule is O=C(N[C@H]1CC2(CCCCC2)Oc2ccccc21)c1cccc(N2CCCC2=O)c1. The van der Waals surface area contributed by atoms with E-state index in [4.69, 9.17) is 4.74 Å². The zero-order chi connectivity index (χ0) is 20.6. The number of rotatable bonds is 3. The monoisotopic (exact) mass is 404 g/mol. The third-order valence-corrected chi connectivity index (χ3v) is 6.76. The van der Waals surface area contributed by atoms with Gasteiger partial charge in [-0.05, 0) is 56.4 Å². The maximum Gasteiger partial charge on any atom is 0.251 e. The van der Waals surface area contributed by atoms with Gasteiger partial charge in [-0.2, -0.15) is 0 Å². The van der Waals surface area contributed by atoms with Gasteiger partial charge in [-0.3, -0.25) is 9.59 Å². The van der Waals surface area contributed by atoms with Crippen molar-refractivity contribution in [1.82, 2.24) is 5.32 Å². The van der Waals surface area contributed by atoms with Gasteiger partial charge in [-0.15, -0.1) is 0 Å². The second-order valence-electron chi connectivity index (χ2n) is 8.81. The van der Waals surface area contributed by atoms with Gasteiger partial charge < -0.3 is 15.0 Å². The van der Waals surface area contributed by atoms with Crippen LogP contribution in [0.2, 0.25) is 0 Å². The van der Waals surface area contributed by atoms with Crippen LogP contribution in [0.25, 0.3) is 0 Å². The lowest BCUT2D eigenvalue weighted by Gasteiger charge is -2.44. The van der Waals surface area contributed by atoms with Crippen LogP contribution in [0.1, 0.15) is 73.3 Å². The Balaban J connectivity index is 1.39. The predicted molar refractivity (Wildman–Crippen MR) is 116 cm³/mol. The molecule has 1 spiro atoms. The molecule has 1 saturated heterocycles. The van der Waals surface area contributed by atoms with E-state index in [1.54, 1.807) is 4.90 Å². The van der Waals surface area contributed by atoms with Gasteiger partial charge in [0.05, 0.1) is 6.04 Å². The fourth-order valence-electron chi connectivity index (χ4n) is 5.23. The normalized spacial score (nSPS) is 22.5. The molecule has 5 nitrogen and oxygen atoms in total. The number of ether oxygens (including phenoxy) is 1. The minimum atomic E-state index is -0.172. The Morgan fingerprint density at radius 3 is 2.67 bits per heavy atom. The molecule has 156 valence electrons. The Morgan fingerprint density at radius 1 is 1.03 bits per heavy atom. The van der Waals surface area contributed by atoms with E-state index in [-0.39, 0.29) is 23.5 Å². The summed E-state index contributed by atoms with van der Waals surface area (Å²) in [7, 11) is 0. The van der Waals surface area contributed by atoms with Gasteiger partial charge in [0.2, 0.25) is 5.91 Å². The number of carbonyl (C=O) groups excluding carboxylic acids is 2. The van der Waals surface area contributed by atoms with Crippen molar-refractivity contribution in [3.8, 4) is 5.75 Å². The highest BCUT2D eigenvalue weighted by atomic mass is 16.5. The topological polar surface area (TPSA) is 58.6 Å². The van der Waals surface area contributed by atoms with Crippen molar-refractivity contribution in [3.63, 3.8) is 0 Å². The molecule has 30 heavy (non-hydrogen) atoms. The van der Waals surface area contributed by atoms with Gasteiger partial charge in [0.15, 0.2) is 0 Å². The largest absolute Gasteiger partial charge is 0.487 e. The zero-order valence-electron chi connectivity index (χ0n) is 17.2. The highest BCUT2D eigenvalue weighted by Crippen LogP contribution is 2.46. The third kappa shape index (κ3) is 3.57. The number of para-hydroxylation sites is 1. The summed E-state index contributed by atoms with van der Waals surface area (Å²) in [5.74, 6) is 0.925. The first-order valence-corrected chi connectivity index (χ1v) is 11.1. The first-order valence-electron chi connectivity index (χ1n) is 11.1. The molecule has 0 bridgehead atoms. The number of amides is 2. The van der Waals surface area contributed by atoms with E-state index in [9.17, 15) is 9.59 Å². The number of carbonyl (C=O) groups is 2. The predicted octanol–water partition coefficient (Wildman–Crippen LogP) is 4.77. The molecule has 5 rings (SSSR count). The van der Waals surface area contributed by atoms with Gasteiger partial charge in [-0.25, -0.2) is 0 Å². The summed E-state index contributed by atoms with van der Waals surface area (Å²) in [6.45, 7) is 0.722. The summed E-state index contributed by atoms with van der Waals surface area (Å²) in [6.07, 6.45) is 7.95. The first kappa shape index (κ1) is 19.2. The van der Waals surface area contributed by atoms with Crippen molar-refractivity contribution in [3.05, 3.63) is 59.7 Å². The highest BCUT2D eigenvalue weighted by Gasteiger charge is 2.42. The summed E-state index contributed by atoms with van der Waals surface area (Å²) in [5.41, 5.74) is 2.28. The number of hydrogen-bond acceptors (Lipinski definition) is 3. The minimum absolute atomic E-state index is 0.0716. The number of nitrogens with one attached hydrogen (secondary N) is 1. The standard InChI is InChI=1S/C25H28N2O3/c28-23-12-7-15-27(23)19-9-6-8-18(16-19)24(29)26-21-17-25(13-4-1-5-14-25)30-22-11-3-2-10-20(21)22/h2-3,6,8-11,16,21H,1,4-5,7,12-15,17H2,(H,26,29)/t21-/m0/s1. The molecule has 2 fully saturated rings. The van der Waals surface area contributed by atoms with Gasteiger partial charge in [-0.1, -0.05) is 30.7 Å². The Hall–Kier alpha value is -2.82. The van der Waals surface area contributed by atoms with Crippen molar-refractivity contribution in [2.75, 3.05) is 11.4 Å². The molecule has 1 atom stereocenters. The molecule has 5 heteroatoms. The van der Waals surface area contributed by atoms with Gasteiger partial charge in [0.1, 0.15) is 11.4 Å². The van der Waals surface area contributed by atoms with Crippen LogP contribution in [0.15, 0.2) is 48.5 Å². The summed E-state index contributed by atoms with van der Waals surface area (Å²) in [5, 5.41) is 3.27. The highest BCUT2D eigenvalue weighted by molar-refractivity contribution is 5.99. The smallest absolute Gasteiger partial charge is 0.251 e. The van der Waals surface area contributed by atoms with Gasteiger partial charge in [0.25, 0.3) is 5.91 Å². The number of anilines is 1. The van der Waals surface area contributed by atoms with E-state index in [1.165, 1.54) is 19.3 Å². The van der Waals surface area contributed by atoms with E-state index in [1.807, 2.05) is 42.5 Å². The van der Waals surface area contributed by atoms with E-state index in [0.717, 1.165) is 49.2 Å². The number of fused-ring (bicyclic) bond motifs is 1. The molecule has 1 saturated carbocycles. The van der Waals surface area contributed by atoms with Gasteiger partial charge in [0, 0.05) is 36.2 Å². The second-order valence-corrected chi connectivity index (χ2v) is 8.81. The van der Waals surface area contributed by atoms with Crippen LogP contribution in [-0.4, -0.2) is 24.0 Å². The molecule has 2 aromatic rings. The average Bonchev–Trinajstić information content (AvgIpc) is 3.20. The zero-order valence-corrected chi connectivity index (χ0v) is 17.2. The number of nitrogens with zero attached hydrogens (tertiary/aromatic N) is 1. The van der Waals surface area contributed by atoms with Gasteiger partial charge >= 0.3 is 0 Å². The first-order chi connectivity index (χ1) is 14.6. The quantitative estimate of drug-likeness (QED) is 0.802. The molecular formula is C25H28N2O3. The van der Waals surface area contributed by atoms with Crippen molar-refractivity contribution in [2.24, 2.45) is 0 Å². The summed E-state index contributed by atoms with van der Waals surface area (Å²) >= 11 is 0. The number of benzene rings is 2. The van der Waals surface area contributed by atoms with Crippen LogP contribution in [0.5, 0.6) is 5.75 Å². The Labute approximate surface area is 177 Å². The van der Waals surface area contributed by atoms with Crippen molar-refractivity contribution in [2.45, 2.75) is 63.0 Å². The summed E-state index contributed by atoms with van der Waals surface area (Å²) in [4.78, 5) is 27.1. The van der Waals surface area contributed by atoms with Crippen LogP contribution < -0.4 is 15.0 Å². The lowest BCUT2D eigenvalue weighted by molar-refractivity contribution is -0.117. The Bertz CT molecular complexity index is 964. The molecule has 3 aliphatic rings. The molecule has 2 aliphatic heterocycles. The van der Waals surface area contributed by atoms with E-state index in [0.29, 0.717) is 12.0 Å². The Morgan fingerprint density at radius 2 is 1.87 bits per heavy atom. The van der Waals surface area contributed by atoms with Crippen LogP contribution in [0.3, 0.4) is 0 Å². The summed E-state index contributed by atoms with van der Waals surface area (Å²) in [6, 6.07) is 15.4. The maximum atomic E-state index is 13.2. The van der Waals surface area contributed by atoms with Crippen molar-refractivity contribution >= 4 is 17.5 Å². The molecule has 0 radical (unpaired) electrons. The van der Waals surface area contributed by atoms with E-state index in [2.05, 4.69) is 11.4 Å². The molecule has 0 unspecified atom stereocenters. The maximum absolute atomic E-state index is 13.2. The lowest BCUT2D eigenvalue weighted by atomic mass is 9.77. The Kier molecular flexibility index (Phi) is 4.97. The van der Waals surface area contributed by atoms with E-state index < -0.39 is 0 Å².